The van der Waals surface area contributed by atoms with Crippen LogP contribution >= 0.6 is 31.9 Å². The molecule has 20 heavy (non-hydrogen) atoms. The summed E-state index contributed by atoms with van der Waals surface area (Å²) in [7, 11) is 0. The van der Waals surface area contributed by atoms with Crippen LogP contribution in [0, 0.1) is 5.82 Å². The number of benzene rings is 2. The van der Waals surface area contributed by atoms with Crippen molar-refractivity contribution >= 4 is 37.6 Å². The fourth-order valence-corrected chi connectivity index (χ4v) is 2.93. The van der Waals surface area contributed by atoms with E-state index in [9.17, 15) is 9.18 Å². The minimum absolute atomic E-state index is 0.0418. The summed E-state index contributed by atoms with van der Waals surface area (Å²) in [4.78, 5) is 12.2. The molecule has 1 heterocycles. The minimum atomic E-state index is -0.579. The third-order valence-corrected chi connectivity index (χ3v) is 4.18. The summed E-state index contributed by atoms with van der Waals surface area (Å²) in [5.74, 6) is 0.0781. The third kappa shape index (κ3) is 2.52. The highest BCUT2D eigenvalue weighted by Gasteiger charge is 2.29. The molecule has 0 aliphatic carbocycles. The van der Waals surface area contributed by atoms with Crippen LogP contribution in [0.2, 0.25) is 0 Å². The average molecular weight is 400 g/mol. The van der Waals surface area contributed by atoms with Gasteiger partial charge < -0.3 is 4.74 Å². The molecule has 2 aromatic rings. The monoisotopic (exact) mass is 398 g/mol. The average Bonchev–Trinajstić information content (AvgIpc) is 2.39. The standard InChI is InChI=1S/C15H9Br2FO2/c16-8-2-4-14-11(5-8)13(19)7-15(20-14)10-3-1-9(17)6-12(10)18/h1-6,15H,7H2. The predicted molar refractivity (Wildman–Crippen MR) is 80.6 cm³/mol. The first-order valence-electron chi connectivity index (χ1n) is 5.99. The second-order valence-corrected chi connectivity index (χ2v) is 6.37. The Labute approximate surface area is 132 Å². The molecule has 5 heteroatoms. The largest absolute Gasteiger partial charge is 0.484 e. The van der Waals surface area contributed by atoms with E-state index in [0.717, 1.165) is 4.47 Å². The third-order valence-electron chi connectivity index (χ3n) is 3.19. The van der Waals surface area contributed by atoms with Crippen LogP contribution in [0.4, 0.5) is 4.39 Å². The van der Waals surface area contributed by atoms with Crippen molar-refractivity contribution in [2.45, 2.75) is 12.5 Å². The second kappa shape index (κ2) is 5.30. The maximum Gasteiger partial charge on any atom is 0.170 e. The first-order valence-corrected chi connectivity index (χ1v) is 7.57. The summed E-state index contributed by atoms with van der Waals surface area (Å²) in [5, 5.41) is 0. The number of carbonyl (C=O) groups is 1. The van der Waals surface area contributed by atoms with E-state index >= 15 is 0 Å². The number of halogens is 3. The lowest BCUT2D eigenvalue weighted by Gasteiger charge is -2.26. The maximum absolute atomic E-state index is 14.0. The summed E-state index contributed by atoms with van der Waals surface area (Å²) in [6, 6.07) is 10.0. The van der Waals surface area contributed by atoms with Crippen LogP contribution in [-0.2, 0) is 0 Å². The summed E-state index contributed by atoms with van der Waals surface area (Å²) >= 11 is 6.54. The normalized spacial score (nSPS) is 17.6. The molecule has 0 bridgehead atoms. The molecule has 102 valence electrons. The summed E-state index contributed by atoms with van der Waals surface area (Å²) in [6.07, 6.45) is -0.438. The van der Waals surface area contributed by atoms with Crippen LogP contribution in [0.25, 0.3) is 0 Å². The van der Waals surface area contributed by atoms with E-state index in [1.807, 2.05) is 0 Å². The van der Waals surface area contributed by atoms with Gasteiger partial charge in [0.15, 0.2) is 5.78 Å². The fourth-order valence-electron chi connectivity index (χ4n) is 2.23. The minimum Gasteiger partial charge on any atom is -0.484 e. The molecule has 0 fully saturated rings. The van der Waals surface area contributed by atoms with E-state index < -0.39 is 6.10 Å². The van der Waals surface area contributed by atoms with Crippen molar-refractivity contribution in [3.63, 3.8) is 0 Å². The molecule has 0 saturated carbocycles. The van der Waals surface area contributed by atoms with Crippen molar-refractivity contribution in [3.05, 3.63) is 62.3 Å². The molecule has 3 rings (SSSR count). The number of ketones is 1. The molecule has 0 aromatic heterocycles. The van der Waals surface area contributed by atoms with Gasteiger partial charge in [0.1, 0.15) is 17.7 Å². The molecule has 2 nitrogen and oxygen atoms in total. The second-order valence-electron chi connectivity index (χ2n) is 4.54. The molecule has 2 aromatic carbocycles. The lowest BCUT2D eigenvalue weighted by Crippen LogP contribution is -2.21. The van der Waals surface area contributed by atoms with Crippen LogP contribution in [0.5, 0.6) is 5.75 Å². The Kier molecular flexibility index (Phi) is 3.65. The zero-order chi connectivity index (χ0) is 14.3. The lowest BCUT2D eigenvalue weighted by molar-refractivity contribution is 0.0845. The summed E-state index contributed by atoms with van der Waals surface area (Å²) < 4.78 is 21.2. The van der Waals surface area contributed by atoms with Gasteiger partial charge in [0.25, 0.3) is 0 Å². The van der Waals surface area contributed by atoms with Gasteiger partial charge in [-0.3, -0.25) is 4.79 Å². The highest BCUT2D eigenvalue weighted by atomic mass is 79.9. The van der Waals surface area contributed by atoms with Gasteiger partial charge in [-0.05, 0) is 30.3 Å². The molecule has 0 saturated heterocycles. The van der Waals surface area contributed by atoms with Crippen molar-refractivity contribution in [1.82, 2.24) is 0 Å². The predicted octanol–water partition coefficient (Wildman–Crippen LogP) is 5.06. The number of hydrogen-bond donors (Lipinski definition) is 0. The Bertz CT molecular complexity index is 700. The molecular formula is C15H9Br2FO2. The number of carbonyl (C=O) groups excluding carboxylic acids is 1. The number of rotatable bonds is 1. The van der Waals surface area contributed by atoms with Crippen LogP contribution < -0.4 is 4.74 Å². The number of ether oxygens (including phenoxy) is 1. The van der Waals surface area contributed by atoms with E-state index in [2.05, 4.69) is 31.9 Å². The van der Waals surface area contributed by atoms with Crippen LogP contribution in [0.1, 0.15) is 28.4 Å². The topological polar surface area (TPSA) is 26.3 Å². The Balaban J connectivity index is 1.99. The van der Waals surface area contributed by atoms with Gasteiger partial charge in [-0.1, -0.05) is 37.9 Å². The Morgan fingerprint density at radius 2 is 1.80 bits per heavy atom. The van der Waals surface area contributed by atoms with E-state index in [1.54, 1.807) is 30.3 Å². The van der Waals surface area contributed by atoms with E-state index in [4.69, 9.17) is 4.74 Å². The van der Waals surface area contributed by atoms with Crippen molar-refractivity contribution in [1.29, 1.82) is 0 Å². The number of Topliss-reactive ketones (excluding diaryl/α,β-unsaturated/α-hetero) is 1. The van der Waals surface area contributed by atoms with Crippen molar-refractivity contribution < 1.29 is 13.9 Å². The van der Waals surface area contributed by atoms with E-state index in [1.165, 1.54) is 6.07 Å². The number of fused-ring (bicyclic) bond motifs is 1. The fraction of sp³-hybridized carbons (Fsp3) is 0.133. The highest BCUT2D eigenvalue weighted by Crippen LogP contribution is 2.37. The first kappa shape index (κ1) is 13.8. The van der Waals surface area contributed by atoms with Crippen molar-refractivity contribution in [3.8, 4) is 5.75 Å². The van der Waals surface area contributed by atoms with Gasteiger partial charge in [-0.25, -0.2) is 4.39 Å². The Morgan fingerprint density at radius 1 is 1.10 bits per heavy atom. The number of hydrogen-bond acceptors (Lipinski definition) is 2. The van der Waals surface area contributed by atoms with Crippen molar-refractivity contribution in [2.75, 3.05) is 0 Å². The lowest BCUT2D eigenvalue weighted by atomic mass is 9.96. The van der Waals surface area contributed by atoms with Crippen LogP contribution in [-0.4, -0.2) is 5.78 Å². The molecule has 1 atom stereocenters. The Hall–Kier alpha value is -1.20. The Morgan fingerprint density at radius 3 is 2.55 bits per heavy atom. The van der Waals surface area contributed by atoms with Crippen LogP contribution in [0.15, 0.2) is 45.3 Å². The van der Waals surface area contributed by atoms with Gasteiger partial charge in [0.05, 0.1) is 12.0 Å². The molecular weight excluding hydrogens is 391 g/mol. The van der Waals surface area contributed by atoms with Gasteiger partial charge in [-0.2, -0.15) is 0 Å². The van der Waals surface area contributed by atoms with Gasteiger partial charge >= 0.3 is 0 Å². The summed E-state index contributed by atoms with van der Waals surface area (Å²) in [6.45, 7) is 0. The zero-order valence-corrected chi connectivity index (χ0v) is 13.4. The molecule has 0 amide bonds. The highest BCUT2D eigenvalue weighted by molar-refractivity contribution is 9.10. The molecule has 1 aliphatic heterocycles. The van der Waals surface area contributed by atoms with Gasteiger partial charge in [0.2, 0.25) is 0 Å². The van der Waals surface area contributed by atoms with E-state index in [-0.39, 0.29) is 18.0 Å². The van der Waals surface area contributed by atoms with Gasteiger partial charge in [-0.15, -0.1) is 0 Å². The first-order chi connectivity index (χ1) is 9.54. The quantitative estimate of drug-likeness (QED) is 0.670. The zero-order valence-electron chi connectivity index (χ0n) is 10.2. The SMILES string of the molecule is O=C1CC(c2ccc(Br)cc2F)Oc2ccc(Br)cc21. The smallest absolute Gasteiger partial charge is 0.170 e. The molecule has 1 unspecified atom stereocenters. The maximum atomic E-state index is 14.0. The van der Waals surface area contributed by atoms with Gasteiger partial charge in [0, 0.05) is 14.5 Å². The van der Waals surface area contributed by atoms with Crippen LogP contribution in [0.3, 0.4) is 0 Å². The van der Waals surface area contributed by atoms with E-state index in [0.29, 0.717) is 21.3 Å². The molecule has 1 aliphatic rings. The molecule has 0 N–H and O–H groups in total. The molecule has 0 spiro atoms. The van der Waals surface area contributed by atoms with Crippen molar-refractivity contribution in [2.24, 2.45) is 0 Å². The molecule has 0 radical (unpaired) electrons. The summed E-state index contributed by atoms with van der Waals surface area (Å²) in [5.41, 5.74) is 0.934.